The molecule has 1 fully saturated rings. The Morgan fingerprint density at radius 1 is 1.28 bits per heavy atom. The average Bonchev–Trinajstić information content (AvgIpc) is 2.61. The zero-order valence-electron chi connectivity index (χ0n) is 14.8. The Balaban J connectivity index is 1.42. The molecule has 132 valence electrons. The minimum atomic E-state index is 0.0622. The van der Waals surface area contributed by atoms with Crippen molar-refractivity contribution in [1.82, 2.24) is 10.2 Å². The summed E-state index contributed by atoms with van der Waals surface area (Å²) in [5, 5.41) is 5.66. The first-order valence-corrected chi connectivity index (χ1v) is 9.30. The molecule has 4 heteroatoms. The van der Waals surface area contributed by atoms with Crippen LogP contribution >= 0.6 is 0 Å². The van der Waals surface area contributed by atoms with E-state index in [-0.39, 0.29) is 11.9 Å². The summed E-state index contributed by atoms with van der Waals surface area (Å²) >= 11 is 0. The zero-order valence-corrected chi connectivity index (χ0v) is 14.8. The molecule has 4 nitrogen and oxygen atoms in total. The van der Waals surface area contributed by atoms with Crippen molar-refractivity contribution in [3.05, 3.63) is 42.0 Å². The van der Waals surface area contributed by atoms with Gasteiger partial charge in [0.15, 0.2) is 0 Å². The van der Waals surface area contributed by atoms with Crippen molar-refractivity contribution in [2.24, 2.45) is 5.92 Å². The number of nitrogens with zero attached hydrogens (tertiary/aromatic N) is 1. The van der Waals surface area contributed by atoms with E-state index in [0.717, 1.165) is 31.7 Å². The number of piperidine rings is 1. The number of benzene rings is 2. The molecule has 0 saturated carbocycles. The van der Waals surface area contributed by atoms with E-state index in [1.807, 2.05) is 6.07 Å². The molecule has 0 bridgehead atoms. The van der Waals surface area contributed by atoms with Gasteiger partial charge in [0.1, 0.15) is 12.4 Å². The summed E-state index contributed by atoms with van der Waals surface area (Å²) in [6.45, 7) is 2.74. The second-order valence-corrected chi connectivity index (χ2v) is 7.52. The van der Waals surface area contributed by atoms with Crippen LogP contribution in [0, 0.1) is 5.92 Å². The van der Waals surface area contributed by atoms with Crippen LogP contribution in [0.15, 0.2) is 36.4 Å². The second kappa shape index (κ2) is 7.04. The fraction of sp³-hybridized carbons (Fsp3) is 0.476. The molecule has 1 amide bonds. The minimum Gasteiger partial charge on any atom is -0.491 e. The van der Waals surface area contributed by atoms with Crippen LogP contribution in [0.4, 0.5) is 0 Å². The summed E-state index contributed by atoms with van der Waals surface area (Å²) in [5.41, 5.74) is 1.21. The Kier molecular flexibility index (Phi) is 4.62. The van der Waals surface area contributed by atoms with E-state index in [2.05, 4.69) is 47.6 Å². The van der Waals surface area contributed by atoms with E-state index in [1.165, 1.54) is 22.8 Å². The van der Waals surface area contributed by atoms with Crippen molar-refractivity contribution in [3.8, 4) is 5.75 Å². The Labute approximate surface area is 149 Å². The molecule has 2 aromatic rings. The van der Waals surface area contributed by atoms with E-state index in [9.17, 15) is 4.79 Å². The number of hydrogen-bond acceptors (Lipinski definition) is 3. The van der Waals surface area contributed by atoms with Crippen molar-refractivity contribution >= 4 is 16.7 Å². The van der Waals surface area contributed by atoms with E-state index < -0.39 is 0 Å². The van der Waals surface area contributed by atoms with Gasteiger partial charge in [-0.3, -0.25) is 4.79 Å². The van der Waals surface area contributed by atoms with Crippen LogP contribution in [0.3, 0.4) is 0 Å². The Morgan fingerprint density at radius 3 is 3.04 bits per heavy atom. The Morgan fingerprint density at radius 2 is 2.16 bits per heavy atom. The van der Waals surface area contributed by atoms with Gasteiger partial charge in [-0.25, -0.2) is 0 Å². The van der Waals surface area contributed by atoms with Crippen LogP contribution in [0.2, 0.25) is 0 Å². The summed E-state index contributed by atoms with van der Waals surface area (Å²) < 4.78 is 5.93. The summed E-state index contributed by atoms with van der Waals surface area (Å²) in [7, 11) is 2.14. The lowest BCUT2D eigenvalue weighted by Gasteiger charge is -2.31. The van der Waals surface area contributed by atoms with E-state index in [1.54, 1.807) is 0 Å². The quantitative estimate of drug-likeness (QED) is 0.935. The number of amides is 1. The maximum absolute atomic E-state index is 12.5. The fourth-order valence-corrected chi connectivity index (χ4v) is 4.24. The third-order valence-electron chi connectivity index (χ3n) is 5.45. The molecule has 2 heterocycles. The number of nitrogens with one attached hydrogen (secondary N) is 1. The maximum Gasteiger partial charge on any atom is 0.220 e. The predicted molar refractivity (Wildman–Crippen MR) is 99.9 cm³/mol. The molecule has 0 radical (unpaired) electrons. The second-order valence-electron chi connectivity index (χ2n) is 7.52. The molecule has 2 aromatic carbocycles. The van der Waals surface area contributed by atoms with Crippen molar-refractivity contribution in [2.75, 3.05) is 26.7 Å². The summed E-state index contributed by atoms with van der Waals surface area (Å²) in [6, 6.07) is 12.6. The van der Waals surface area contributed by atoms with Crippen molar-refractivity contribution in [2.45, 2.75) is 31.7 Å². The number of likely N-dealkylation sites (tertiary alicyclic amines) is 1. The van der Waals surface area contributed by atoms with Crippen LogP contribution in [0.25, 0.3) is 10.8 Å². The van der Waals surface area contributed by atoms with Gasteiger partial charge in [0, 0.05) is 24.9 Å². The fourth-order valence-electron chi connectivity index (χ4n) is 4.24. The predicted octanol–water partition coefficient (Wildman–Crippen LogP) is 2.99. The average molecular weight is 338 g/mol. The molecule has 2 aliphatic heterocycles. The molecule has 1 N–H and O–H groups in total. The first-order valence-electron chi connectivity index (χ1n) is 9.30. The summed E-state index contributed by atoms with van der Waals surface area (Å²) in [5.74, 6) is 1.60. The van der Waals surface area contributed by atoms with Gasteiger partial charge >= 0.3 is 0 Å². The number of fused-ring (bicyclic) bond motifs is 3. The highest BCUT2D eigenvalue weighted by Crippen LogP contribution is 2.32. The van der Waals surface area contributed by atoms with Gasteiger partial charge in [-0.15, -0.1) is 0 Å². The van der Waals surface area contributed by atoms with E-state index >= 15 is 0 Å². The summed E-state index contributed by atoms with van der Waals surface area (Å²) in [4.78, 5) is 14.8. The molecule has 2 unspecified atom stereocenters. The highest BCUT2D eigenvalue weighted by Gasteiger charge is 2.25. The van der Waals surface area contributed by atoms with Gasteiger partial charge in [0.25, 0.3) is 0 Å². The molecule has 25 heavy (non-hydrogen) atoms. The lowest BCUT2D eigenvalue weighted by Crippen LogP contribution is -2.44. The normalized spacial score (nSPS) is 23.7. The van der Waals surface area contributed by atoms with Gasteiger partial charge in [-0.05, 0) is 49.2 Å². The topological polar surface area (TPSA) is 41.6 Å². The number of rotatable bonds is 3. The van der Waals surface area contributed by atoms with Crippen LogP contribution < -0.4 is 10.1 Å². The van der Waals surface area contributed by atoms with Gasteiger partial charge in [0.05, 0.1) is 6.04 Å². The number of carbonyl (C=O) groups is 1. The van der Waals surface area contributed by atoms with Gasteiger partial charge in [0.2, 0.25) is 5.91 Å². The van der Waals surface area contributed by atoms with Gasteiger partial charge in [-0.2, -0.15) is 0 Å². The maximum atomic E-state index is 12.5. The van der Waals surface area contributed by atoms with Crippen LogP contribution in [0.5, 0.6) is 5.75 Å². The first-order chi connectivity index (χ1) is 12.2. The molecule has 2 aliphatic rings. The van der Waals surface area contributed by atoms with E-state index in [4.69, 9.17) is 4.74 Å². The van der Waals surface area contributed by atoms with Gasteiger partial charge in [-0.1, -0.05) is 30.3 Å². The molecular formula is C21H26N2O2. The highest BCUT2D eigenvalue weighted by molar-refractivity contribution is 5.88. The highest BCUT2D eigenvalue weighted by atomic mass is 16.5. The zero-order chi connectivity index (χ0) is 17.2. The number of hydrogen-bond donors (Lipinski definition) is 1. The smallest absolute Gasteiger partial charge is 0.220 e. The standard InChI is InChI=1S/C21H26N2O2/c1-23-10-4-5-15(13-23)11-21(24)22-17-12-19-18-7-3-2-6-16(18)8-9-20(19)25-14-17/h2-3,6-9,15,17H,4-5,10-14H2,1H3,(H,22,24). The molecular weight excluding hydrogens is 312 g/mol. The third-order valence-corrected chi connectivity index (χ3v) is 5.45. The number of carbonyl (C=O) groups excluding carboxylic acids is 1. The molecule has 0 aromatic heterocycles. The molecule has 1 saturated heterocycles. The number of ether oxygens (including phenoxy) is 1. The van der Waals surface area contributed by atoms with Crippen molar-refractivity contribution in [3.63, 3.8) is 0 Å². The Hall–Kier alpha value is -2.07. The summed E-state index contributed by atoms with van der Waals surface area (Å²) in [6.07, 6.45) is 3.82. The molecule has 0 spiro atoms. The molecule has 2 atom stereocenters. The molecule has 0 aliphatic carbocycles. The third kappa shape index (κ3) is 3.64. The van der Waals surface area contributed by atoms with Crippen LogP contribution in [-0.2, 0) is 11.2 Å². The van der Waals surface area contributed by atoms with Crippen LogP contribution in [-0.4, -0.2) is 43.6 Å². The van der Waals surface area contributed by atoms with Crippen LogP contribution in [0.1, 0.15) is 24.8 Å². The lowest BCUT2D eigenvalue weighted by atomic mass is 9.93. The van der Waals surface area contributed by atoms with Gasteiger partial charge < -0.3 is 15.0 Å². The Bertz CT molecular complexity index is 774. The minimum absolute atomic E-state index is 0.0622. The molecule has 4 rings (SSSR count). The monoisotopic (exact) mass is 338 g/mol. The SMILES string of the molecule is CN1CCCC(CC(=O)NC2COc3ccc4ccccc4c3C2)C1. The van der Waals surface area contributed by atoms with Crippen molar-refractivity contribution < 1.29 is 9.53 Å². The van der Waals surface area contributed by atoms with Crippen molar-refractivity contribution in [1.29, 1.82) is 0 Å². The van der Waals surface area contributed by atoms with E-state index in [0.29, 0.717) is 18.9 Å². The lowest BCUT2D eigenvalue weighted by molar-refractivity contribution is -0.123. The first kappa shape index (κ1) is 16.4. The largest absolute Gasteiger partial charge is 0.491 e.